The lowest BCUT2D eigenvalue weighted by molar-refractivity contribution is -0.115. The van der Waals surface area contributed by atoms with Crippen LogP contribution in [0.5, 0.6) is 0 Å². The maximum Gasteiger partial charge on any atom is 0.270 e. The Morgan fingerprint density at radius 2 is 2.04 bits per heavy atom. The Balaban J connectivity index is 2.20. The first-order chi connectivity index (χ1) is 12.8. The van der Waals surface area contributed by atoms with E-state index in [-0.39, 0.29) is 17.7 Å². The highest BCUT2D eigenvalue weighted by Crippen LogP contribution is 2.26. The zero-order valence-electron chi connectivity index (χ0n) is 16.6. The molecule has 0 aliphatic carbocycles. The van der Waals surface area contributed by atoms with Gasteiger partial charge in [0, 0.05) is 37.1 Å². The van der Waals surface area contributed by atoms with Crippen LogP contribution in [0.15, 0.2) is 18.2 Å². The molecule has 27 heavy (non-hydrogen) atoms. The molecule has 1 aliphatic heterocycles. The van der Waals surface area contributed by atoms with E-state index in [2.05, 4.69) is 29.8 Å². The number of benzene rings is 1. The number of anilines is 2. The van der Waals surface area contributed by atoms with E-state index in [4.69, 9.17) is 5.41 Å². The Morgan fingerprint density at radius 3 is 2.59 bits per heavy atom. The highest BCUT2D eigenvalue weighted by atomic mass is 32.2. The lowest BCUT2D eigenvalue weighted by Gasteiger charge is -2.25. The molecule has 1 fully saturated rings. The van der Waals surface area contributed by atoms with Crippen molar-refractivity contribution in [2.45, 2.75) is 32.7 Å². The molecule has 1 heterocycles. The number of nitrogens with zero attached hydrogens (tertiary/aromatic N) is 1. The van der Waals surface area contributed by atoms with E-state index in [1.165, 1.54) is 0 Å². The van der Waals surface area contributed by atoms with Gasteiger partial charge in [-0.05, 0) is 50.0 Å². The number of carbonyl (C=O) groups excluding carboxylic acids is 1. The Morgan fingerprint density at radius 1 is 1.37 bits per heavy atom. The number of rotatable bonds is 8. The Kier molecular flexibility index (Phi) is 7.79. The van der Waals surface area contributed by atoms with Crippen molar-refractivity contribution in [3.63, 3.8) is 0 Å². The van der Waals surface area contributed by atoms with Gasteiger partial charge in [-0.1, -0.05) is 13.8 Å². The number of hydrogen-bond acceptors (Lipinski definition) is 5. The quantitative estimate of drug-likeness (QED) is 0.506. The van der Waals surface area contributed by atoms with Crippen molar-refractivity contribution in [1.29, 1.82) is 5.41 Å². The Hall–Kier alpha value is -1.93. The lowest BCUT2D eigenvalue weighted by atomic mass is 10.0. The molecule has 1 aliphatic rings. The second kappa shape index (κ2) is 9.85. The number of nitrogens with one attached hydrogen (secondary N) is 4. The van der Waals surface area contributed by atoms with Crippen LogP contribution in [-0.4, -0.2) is 54.8 Å². The van der Waals surface area contributed by atoms with E-state index in [0.29, 0.717) is 23.7 Å². The van der Waals surface area contributed by atoms with Crippen molar-refractivity contribution in [3.05, 3.63) is 23.8 Å². The minimum atomic E-state index is -1.15. The minimum absolute atomic E-state index is 0.0579. The standard InChI is InChI=1S/C19H31N5O2S/c1-13(2)12-24(27(4)26)15-5-6-16(17(11-15)21-3)18(20)19(25)23-14-7-9-22-10-8-14/h5-6,11,13-14,20-22H,7-10,12H2,1-4H3,(H,23,25). The van der Waals surface area contributed by atoms with Gasteiger partial charge in [-0.2, -0.15) is 0 Å². The van der Waals surface area contributed by atoms with Crippen LogP contribution in [0.1, 0.15) is 32.3 Å². The normalized spacial score (nSPS) is 16.0. The van der Waals surface area contributed by atoms with E-state index in [9.17, 15) is 9.00 Å². The molecule has 8 heteroatoms. The van der Waals surface area contributed by atoms with Gasteiger partial charge in [-0.15, -0.1) is 0 Å². The minimum Gasteiger partial charge on any atom is -0.388 e. The van der Waals surface area contributed by atoms with Gasteiger partial charge in [0.2, 0.25) is 0 Å². The van der Waals surface area contributed by atoms with E-state index in [1.54, 1.807) is 19.4 Å². The van der Waals surface area contributed by atoms with Gasteiger partial charge in [0.05, 0.1) is 5.69 Å². The van der Waals surface area contributed by atoms with Crippen LogP contribution < -0.4 is 20.3 Å². The van der Waals surface area contributed by atoms with Crippen molar-refractivity contribution in [3.8, 4) is 0 Å². The number of piperidine rings is 1. The average molecular weight is 394 g/mol. The molecule has 0 aromatic heterocycles. The molecule has 1 atom stereocenters. The second-order valence-corrected chi connectivity index (χ2v) is 8.52. The molecule has 150 valence electrons. The van der Waals surface area contributed by atoms with Crippen molar-refractivity contribution in [1.82, 2.24) is 10.6 Å². The number of amides is 1. The van der Waals surface area contributed by atoms with Crippen LogP contribution in [0, 0.1) is 11.3 Å². The van der Waals surface area contributed by atoms with Gasteiger partial charge in [0.1, 0.15) is 16.7 Å². The largest absolute Gasteiger partial charge is 0.388 e. The molecule has 1 aromatic carbocycles. The molecule has 2 rings (SSSR count). The van der Waals surface area contributed by atoms with Crippen LogP contribution in [0.4, 0.5) is 11.4 Å². The fourth-order valence-electron chi connectivity index (χ4n) is 3.15. The van der Waals surface area contributed by atoms with Crippen LogP contribution >= 0.6 is 0 Å². The summed E-state index contributed by atoms with van der Waals surface area (Å²) in [5.74, 6) is 0.00456. The van der Waals surface area contributed by atoms with Crippen LogP contribution in [0.3, 0.4) is 0 Å². The SMILES string of the molecule is CNc1cc(N(CC(C)C)S(C)=O)ccc1C(=N)C(=O)NC1CCNCC1. The number of carbonyl (C=O) groups is 1. The molecule has 0 spiro atoms. The molecule has 0 saturated carbocycles. The van der Waals surface area contributed by atoms with Crippen molar-refractivity contribution < 1.29 is 9.00 Å². The third-order valence-electron chi connectivity index (χ3n) is 4.57. The van der Waals surface area contributed by atoms with E-state index in [0.717, 1.165) is 31.6 Å². The molecule has 0 bridgehead atoms. The molecule has 0 radical (unpaired) electrons. The first kappa shape index (κ1) is 21.4. The average Bonchev–Trinajstić information content (AvgIpc) is 2.65. The first-order valence-electron chi connectivity index (χ1n) is 9.36. The Labute approximate surface area is 164 Å². The topological polar surface area (TPSA) is 97.3 Å². The van der Waals surface area contributed by atoms with Gasteiger partial charge in [-0.25, -0.2) is 4.21 Å². The van der Waals surface area contributed by atoms with Crippen LogP contribution in [0.2, 0.25) is 0 Å². The maximum absolute atomic E-state index is 12.5. The third-order valence-corrected chi connectivity index (χ3v) is 5.55. The summed E-state index contributed by atoms with van der Waals surface area (Å²) in [7, 11) is 0.611. The zero-order chi connectivity index (χ0) is 20.0. The van der Waals surface area contributed by atoms with Gasteiger partial charge in [0.25, 0.3) is 5.91 Å². The van der Waals surface area contributed by atoms with Crippen LogP contribution in [-0.2, 0) is 15.8 Å². The van der Waals surface area contributed by atoms with Gasteiger partial charge < -0.3 is 16.0 Å². The summed E-state index contributed by atoms with van der Waals surface area (Å²) in [6, 6.07) is 5.55. The monoisotopic (exact) mass is 393 g/mol. The van der Waals surface area contributed by atoms with E-state index < -0.39 is 11.0 Å². The summed E-state index contributed by atoms with van der Waals surface area (Å²) >= 11 is 0. The predicted octanol–water partition coefficient (Wildman–Crippen LogP) is 1.72. The highest BCUT2D eigenvalue weighted by Gasteiger charge is 2.22. The maximum atomic E-state index is 12.5. The summed E-state index contributed by atoms with van der Waals surface area (Å²) in [4.78, 5) is 12.5. The van der Waals surface area contributed by atoms with E-state index in [1.807, 2.05) is 16.4 Å². The molecule has 7 nitrogen and oxygen atoms in total. The smallest absolute Gasteiger partial charge is 0.270 e. The molecule has 4 N–H and O–H groups in total. The fourth-order valence-corrected chi connectivity index (χ4v) is 4.07. The molecule has 1 unspecified atom stereocenters. The van der Waals surface area contributed by atoms with Gasteiger partial charge >= 0.3 is 0 Å². The lowest BCUT2D eigenvalue weighted by Crippen LogP contribution is -2.45. The zero-order valence-corrected chi connectivity index (χ0v) is 17.4. The van der Waals surface area contributed by atoms with Gasteiger partial charge in [-0.3, -0.25) is 14.5 Å². The third kappa shape index (κ3) is 5.77. The molecular formula is C19H31N5O2S. The predicted molar refractivity (Wildman–Crippen MR) is 113 cm³/mol. The summed E-state index contributed by atoms with van der Waals surface area (Å²) in [5, 5.41) is 17.6. The highest BCUT2D eigenvalue weighted by molar-refractivity contribution is 7.85. The summed E-state index contributed by atoms with van der Waals surface area (Å²) in [5.41, 5.74) is 1.97. The fraction of sp³-hybridized carbons (Fsp3) is 0.579. The molecule has 1 amide bonds. The summed E-state index contributed by atoms with van der Waals surface area (Å²) in [6.07, 6.45) is 3.41. The van der Waals surface area contributed by atoms with Gasteiger partial charge in [0.15, 0.2) is 0 Å². The van der Waals surface area contributed by atoms with Crippen molar-refractivity contribution in [2.75, 3.05) is 42.6 Å². The number of hydrogen-bond donors (Lipinski definition) is 4. The summed E-state index contributed by atoms with van der Waals surface area (Å²) in [6.45, 7) is 6.59. The molecule has 1 saturated heterocycles. The van der Waals surface area contributed by atoms with Crippen LogP contribution in [0.25, 0.3) is 0 Å². The molecular weight excluding hydrogens is 362 g/mol. The summed E-state index contributed by atoms with van der Waals surface area (Å²) < 4.78 is 14.0. The van der Waals surface area contributed by atoms with Crippen molar-refractivity contribution >= 4 is 34.0 Å². The second-order valence-electron chi connectivity index (χ2n) is 7.23. The van der Waals surface area contributed by atoms with Crippen molar-refractivity contribution in [2.24, 2.45) is 5.92 Å². The first-order valence-corrected chi connectivity index (χ1v) is 10.9. The Bertz CT molecular complexity index is 701. The molecule has 1 aromatic rings. The van der Waals surface area contributed by atoms with E-state index >= 15 is 0 Å².